The Morgan fingerprint density at radius 2 is 2.33 bits per heavy atom. The van der Waals surface area contributed by atoms with Crippen LogP contribution in [-0.2, 0) is 9.59 Å². The van der Waals surface area contributed by atoms with Crippen LogP contribution in [0.1, 0.15) is 17.5 Å². The summed E-state index contributed by atoms with van der Waals surface area (Å²) in [6.45, 7) is 1.97. The van der Waals surface area contributed by atoms with E-state index in [1.807, 2.05) is 25.1 Å². The average molecular weight is 370 g/mol. The van der Waals surface area contributed by atoms with E-state index in [1.54, 1.807) is 6.21 Å². The lowest BCUT2D eigenvalue weighted by molar-refractivity contribution is -0.138. The van der Waals surface area contributed by atoms with Gasteiger partial charge in [0.25, 0.3) is 0 Å². The molecule has 6 nitrogen and oxygen atoms in total. The zero-order valence-corrected chi connectivity index (χ0v) is 13.4. The number of aryl methyl sites for hydroxylation is 1. The van der Waals surface area contributed by atoms with Crippen LogP contribution in [-0.4, -0.2) is 33.6 Å². The van der Waals surface area contributed by atoms with Crippen molar-refractivity contribution >= 4 is 51.0 Å². The van der Waals surface area contributed by atoms with E-state index in [-0.39, 0.29) is 12.3 Å². The molecular formula is C13H12BrN3O3S. The zero-order chi connectivity index (χ0) is 15.4. The molecule has 0 bridgehead atoms. The van der Waals surface area contributed by atoms with Crippen molar-refractivity contribution in [3.05, 3.63) is 33.8 Å². The molecule has 1 amide bonds. The molecule has 21 heavy (non-hydrogen) atoms. The van der Waals surface area contributed by atoms with Crippen molar-refractivity contribution in [2.45, 2.75) is 18.6 Å². The predicted molar refractivity (Wildman–Crippen MR) is 85.7 cm³/mol. The Labute approximate surface area is 133 Å². The summed E-state index contributed by atoms with van der Waals surface area (Å²) >= 11 is 4.49. The molecule has 0 saturated carbocycles. The van der Waals surface area contributed by atoms with Crippen LogP contribution in [0.3, 0.4) is 0 Å². The summed E-state index contributed by atoms with van der Waals surface area (Å²) in [5.74, 6) is -1.37. The molecule has 110 valence electrons. The number of hydrogen-bond donors (Lipinski definition) is 2. The number of aliphatic carboxylic acids is 1. The van der Waals surface area contributed by atoms with Gasteiger partial charge in [-0.2, -0.15) is 5.10 Å². The minimum atomic E-state index is -1.02. The minimum absolute atomic E-state index is 0.231. The van der Waals surface area contributed by atoms with Crippen LogP contribution >= 0.6 is 27.7 Å². The standard InChI is InChI=1S/C13H12BrN3O3S/c1-7-4-8(2-3-9(7)14)6-15-17-13-16-12(20)10(21-13)5-11(18)19/h2-4,6,10H,5H2,1H3,(H,18,19)(H,16,17,20). The number of nitrogens with zero attached hydrogens (tertiary/aromatic N) is 2. The van der Waals surface area contributed by atoms with Crippen molar-refractivity contribution in [2.24, 2.45) is 10.2 Å². The quantitative estimate of drug-likeness (QED) is 0.628. The van der Waals surface area contributed by atoms with E-state index >= 15 is 0 Å². The first-order valence-electron chi connectivity index (χ1n) is 6.02. The van der Waals surface area contributed by atoms with Gasteiger partial charge in [-0.05, 0) is 30.2 Å². The first-order chi connectivity index (χ1) is 9.95. The number of carboxylic acid groups (broad SMARTS) is 1. The van der Waals surface area contributed by atoms with Crippen molar-refractivity contribution in [1.82, 2.24) is 5.32 Å². The first kappa shape index (κ1) is 15.7. The van der Waals surface area contributed by atoms with Gasteiger partial charge in [-0.25, -0.2) is 0 Å². The Morgan fingerprint density at radius 1 is 1.57 bits per heavy atom. The molecule has 0 aliphatic carbocycles. The summed E-state index contributed by atoms with van der Waals surface area (Å²) in [6, 6.07) is 5.74. The van der Waals surface area contributed by atoms with Crippen LogP contribution in [0.25, 0.3) is 0 Å². The monoisotopic (exact) mass is 369 g/mol. The number of carboxylic acids is 1. The number of amides is 1. The number of nitrogens with one attached hydrogen (secondary N) is 1. The van der Waals surface area contributed by atoms with Gasteiger partial charge >= 0.3 is 5.97 Å². The number of thioether (sulfide) groups is 1. The Balaban J connectivity index is 2.01. The van der Waals surface area contributed by atoms with E-state index in [9.17, 15) is 9.59 Å². The SMILES string of the molecule is Cc1cc(C=NN=C2NC(=O)C(CC(=O)O)S2)ccc1Br. The Bertz CT molecular complexity index is 646. The molecule has 1 heterocycles. The number of benzene rings is 1. The largest absolute Gasteiger partial charge is 0.481 e. The van der Waals surface area contributed by atoms with Gasteiger partial charge in [-0.3, -0.25) is 9.59 Å². The fourth-order valence-corrected chi connectivity index (χ4v) is 2.80. The highest BCUT2D eigenvalue weighted by atomic mass is 79.9. The van der Waals surface area contributed by atoms with Crippen molar-refractivity contribution in [3.8, 4) is 0 Å². The average Bonchev–Trinajstić information content (AvgIpc) is 2.73. The smallest absolute Gasteiger partial charge is 0.305 e. The zero-order valence-electron chi connectivity index (χ0n) is 11.0. The molecule has 2 rings (SSSR count). The molecule has 1 aromatic carbocycles. The summed E-state index contributed by atoms with van der Waals surface area (Å²) in [7, 11) is 0. The highest BCUT2D eigenvalue weighted by Gasteiger charge is 2.32. The molecule has 0 aromatic heterocycles. The number of hydrogen-bond acceptors (Lipinski definition) is 5. The lowest BCUT2D eigenvalue weighted by atomic mass is 10.2. The molecule has 1 unspecified atom stereocenters. The van der Waals surface area contributed by atoms with E-state index in [4.69, 9.17) is 5.11 Å². The fourth-order valence-electron chi connectivity index (χ4n) is 1.64. The van der Waals surface area contributed by atoms with Gasteiger partial charge in [0.15, 0.2) is 5.17 Å². The van der Waals surface area contributed by atoms with E-state index in [0.717, 1.165) is 27.4 Å². The Kier molecular flexibility index (Phi) is 5.13. The third-order valence-corrected chi connectivity index (χ3v) is 4.64. The van der Waals surface area contributed by atoms with Gasteiger partial charge < -0.3 is 10.4 Å². The van der Waals surface area contributed by atoms with Crippen molar-refractivity contribution in [1.29, 1.82) is 0 Å². The molecule has 1 aliphatic heterocycles. The van der Waals surface area contributed by atoms with Crippen molar-refractivity contribution in [3.63, 3.8) is 0 Å². The van der Waals surface area contributed by atoms with Crippen LogP contribution in [0.5, 0.6) is 0 Å². The van der Waals surface area contributed by atoms with Crippen LogP contribution in [0.15, 0.2) is 32.9 Å². The molecular weight excluding hydrogens is 358 g/mol. The van der Waals surface area contributed by atoms with Gasteiger partial charge in [0.2, 0.25) is 5.91 Å². The topological polar surface area (TPSA) is 91.1 Å². The summed E-state index contributed by atoms with van der Waals surface area (Å²) in [6.07, 6.45) is 1.34. The lowest BCUT2D eigenvalue weighted by Gasteiger charge is -1.98. The Hall–Kier alpha value is -1.67. The van der Waals surface area contributed by atoms with Gasteiger partial charge in [-0.1, -0.05) is 33.8 Å². The van der Waals surface area contributed by atoms with Crippen LogP contribution in [0, 0.1) is 6.92 Å². The third-order valence-electron chi connectivity index (χ3n) is 2.67. The van der Waals surface area contributed by atoms with Crippen LogP contribution in [0.4, 0.5) is 0 Å². The second-order valence-electron chi connectivity index (χ2n) is 4.35. The maximum Gasteiger partial charge on any atom is 0.305 e. The molecule has 1 atom stereocenters. The third kappa shape index (κ3) is 4.40. The summed E-state index contributed by atoms with van der Waals surface area (Å²) in [4.78, 5) is 22.1. The summed E-state index contributed by atoms with van der Waals surface area (Å²) in [5.41, 5.74) is 1.97. The molecule has 1 aliphatic rings. The molecule has 1 aromatic rings. The van der Waals surface area contributed by atoms with E-state index in [2.05, 4.69) is 31.4 Å². The maximum atomic E-state index is 11.5. The fraction of sp³-hybridized carbons (Fsp3) is 0.231. The maximum absolute atomic E-state index is 11.5. The highest BCUT2D eigenvalue weighted by molar-refractivity contribution is 9.10. The van der Waals surface area contributed by atoms with Crippen LogP contribution < -0.4 is 5.32 Å². The molecule has 1 fully saturated rings. The molecule has 8 heteroatoms. The number of halogens is 1. The minimum Gasteiger partial charge on any atom is -0.481 e. The summed E-state index contributed by atoms with van der Waals surface area (Å²) in [5, 5.41) is 18.7. The van der Waals surface area contributed by atoms with Gasteiger partial charge in [0.1, 0.15) is 5.25 Å². The number of rotatable bonds is 4. The van der Waals surface area contributed by atoms with Gasteiger partial charge in [0, 0.05) is 4.47 Å². The van der Waals surface area contributed by atoms with Crippen molar-refractivity contribution < 1.29 is 14.7 Å². The predicted octanol–water partition coefficient (Wildman–Crippen LogP) is 2.15. The van der Waals surface area contributed by atoms with E-state index in [0.29, 0.717) is 5.17 Å². The molecule has 2 N–H and O–H groups in total. The molecule has 0 radical (unpaired) electrons. The van der Waals surface area contributed by atoms with Crippen LogP contribution in [0.2, 0.25) is 0 Å². The lowest BCUT2D eigenvalue weighted by Crippen LogP contribution is -2.26. The highest BCUT2D eigenvalue weighted by Crippen LogP contribution is 2.22. The van der Waals surface area contributed by atoms with E-state index in [1.165, 1.54) is 0 Å². The number of carbonyl (C=O) groups is 2. The number of carbonyl (C=O) groups excluding carboxylic acids is 1. The Morgan fingerprint density at radius 3 is 3.00 bits per heavy atom. The van der Waals surface area contributed by atoms with E-state index < -0.39 is 11.2 Å². The second kappa shape index (κ2) is 6.86. The first-order valence-corrected chi connectivity index (χ1v) is 7.69. The number of amidine groups is 1. The molecule has 1 saturated heterocycles. The second-order valence-corrected chi connectivity index (χ2v) is 6.40. The van der Waals surface area contributed by atoms with Gasteiger partial charge in [0.05, 0.1) is 12.6 Å². The molecule has 0 spiro atoms. The normalized spacial score (nSPS) is 20.2. The summed E-state index contributed by atoms with van der Waals surface area (Å²) < 4.78 is 1.01. The van der Waals surface area contributed by atoms with Gasteiger partial charge in [-0.15, -0.1) is 5.10 Å². The van der Waals surface area contributed by atoms with Crippen molar-refractivity contribution in [2.75, 3.05) is 0 Å².